The molecule has 0 aliphatic carbocycles. The minimum atomic E-state index is 0.145. The maximum Gasteiger partial charge on any atom is 0.223 e. The van der Waals surface area contributed by atoms with E-state index in [1.54, 1.807) is 35.5 Å². The van der Waals surface area contributed by atoms with Gasteiger partial charge in [0.1, 0.15) is 10.9 Å². The Bertz CT molecular complexity index is 592. The van der Waals surface area contributed by atoms with Crippen molar-refractivity contribution in [1.82, 2.24) is 14.9 Å². The summed E-state index contributed by atoms with van der Waals surface area (Å²) in [6.45, 7) is 1.24. The van der Waals surface area contributed by atoms with Crippen molar-refractivity contribution in [2.75, 3.05) is 18.9 Å². The molecule has 0 spiro atoms. The lowest BCUT2D eigenvalue weighted by Crippen LogP contribution is -2.38. The maximum absolute atomic E-state index is 12.0. The molecule has 1 atom stereocenters. The molecule has 7 heteroatoms. The van der Waals surface area contributed by atoms with Gasteiger partial charge in [0.15, 0.2) is 0 Å². The number of hydrogen-bond donors (Lipinski definition) is 0. The Morgan fingerprint density at radius 2 is 2.32 bits per heavy atom. The van der Waals surface area contributed by atoms with Crippen LogP contribution in [0.3, 0.4) is 0 Å². The summed E-state index contributed by atoms with van der Waals surface area (Å²) >= 11 is 3.32. The van der Waals surface area contributed by atoms with E-state index in [-0.39, 0.29) is 11.9 Å². The van der Waals surface area contributed by atoms with E-state index >= 15 is 0 Å². The van der Waals surface area contributed by atoms with Crippen LogP contribution in [-0.2, 0) is 4.79 Å². The fourth-order valence-electron chi connectivity index (χ4n) is 2.40. The molecular weight excluding hydrogens is 318 g/mol. The summed E-state index contributed by atoms with van der Waals surface area (Å²) in [7, 11) is 0. The minimum absolute atomic E-state index is 0.145. The van der Waals surface area contributed by atoms with Crippen LogP contribution in [0, 0.1) is 0 Å². The number of aromatic nitrogens is 2. The molecule has 0 radical (unpaired) electrons. The van der Waals surface area contributed by atoms with Crippen molar-refractivity contribution in [3.8, 4) is 5.88 Å². The van der Waals surface area contributed by atoms with Gasteiger partial charge in [0.05, 0.1) is 6.04 Å². The fourth-order valence-corrected chi connectivity index (χ4v) is 4.05. The highest BCUT2D eigenvalue weighted by molar-refractivity contribution is 8.01. The predicted molar refractivity (Wildman–Crippen MR) is 87.3 cm³/mol. The van der Waals surface area contributed by atoms with Gasteiger partial charge in [-0.15, -0.1) is 11.3 Å². The van der Waals surface area contributed by atoms with E-state index in [0.29, 0.717) is 18.9 Å². The average Bonchev–Trinajstić information content (AvgIpc) is 3.18. The summed E-state index contributed by atoms with van der Waals surface area (Å²) in [5, 5.41) is 1.97. The molecule has 0 unspecified atom stereocenters. The first-order valence-corrected chi connectivity index (χ1v) is 9.05. The molecule has 116 valence electrons. The molecule has 1 saturated heterocycles. The van der Waals surface area contributed by atoms with Crippen LogP contribution in [0.2, 0.25) is 0 Å². The Morgan fingerprint density at radius 3 is 3.09 bits per heavy atom. The Kier molecular flexibility index (Phi) is 5.29. The Hall–Kier alpha value is -1.60. The molecule has 0 bridgehead atoms. The van der Waals surface area contributed by atoms with Crippen molar-refractivity contribution in [2.24, 2.45) is 0 Å². The molecule has 1 amide bonds. The normalized spacial score (nSPS) is 17.9. The van der Waals surface area contributed by atoms with Gasteiger partial charge in [-0.3, -0.25) is 4.79 Å². The summed E-state index contributed by atoms with van der Waals surface area (Å²) < 4.78 is 6.75. The van der Waals surface area contributed by atoms with E-state index in [4.69, 9.17) is 4.74 Å². The van der Waals surface area contributed by atoms with Gasteiger partial charge in [0.25, 0.3) is 0 Å². The number of nitrogens with zero attached hydrogens (tertiary/aromatic N) is 3. The number of likely N-dealkylation sites (tertiary alicyclic amines) is 1. The summed E-state index contributed by atoms with van der Waals surface area (Å²) in [4.78, 5) is 22.3. The molecule has 1 aliphatic heterocycles. The number of amides is 1. The van der Waals surface area contributed by atoms with Gasteiger partial charge in [-0.2, -0.15) is 0 Å². The molecule has 1 aliphatic rings. The van der Waals surface area contributed by atoms with Gasteiger partial charge >= 0.3 is 0 Å². The molecule has 0 aromatic carbocycles. The van der Waals surface area contributed by atoms with E-state index in [2.05, 4.69) is 9.97 Å². The number of hydrogen-bond acceptors (Lipinski definition) is 6. The van der Waals surface area contributed by atoms with E-state index in [1.807, 2.05) is 28.5 Å². The Labute approximate surface area is 137 Å². The zero-order valence-electron chi connectivity index (χ0n) is 12.1. The number of pyridine rings is 1. The summed E-state index contributed by atoms with van der Waals surface area (Å²) in [6.07, 6.45) is 4.97. The lowest BCUT2D eigenvalue weighted by molar-refractivity contribution is -0.129. The average molecular weight is 335 g/mol. The zero-order chi connectivity index (χ0) is 15.2. The molecule has 3 heterocycles. The van der Waals surface area contributed by atoms with Crippen molar-refractivity contribution in [3.05, 3.63) is 36.0 Å². The summed E-state index contributed by atoms with van der Waals surface area (Å²) in [5.41, 5.74) is 0. The number of thiazole rings is 1. The van der Waals surface area contributed by atoms with Crippen LogP contribution in [0.15, 0.2) is 40.3 Å². The number of ether oxygens (including phenoxy) is 1. The largest absolute Gasteiger partial charge is 0.475 e. The number of carbonyl (C=O) groups excluding carboxylic acids is 1. The second-order valence-electron chi connectivity index (χ2n) is 4.91. The van der Waals surface area contributed by atoms with Crippen molar-refractivity contribution in [2.45, 2.75) is 23.2 Å². The van der Waals surface area contributed by atoms with Crippen molar-refractivity contribution >= 4 is 29.0 Å². The standard InChI is InChI=1S/C15H17N3O2S2/c19-14-5-4-12(11-20-13-3-1-2-6-16-13)18(14)8-10-22-15-17-7-9-21-15/h1-3,6-7,9,12H,4-5,8,10-11H2/t12-/m1/s1. The van der Waals surface area contributed by atoms with Crippen LogP contribution in [-0.4, -0.2) is 45.7 Å². The first-order valence-electron chi connectivity index (χ1n) is 7.18. The lowest BCUT2D eigenvalue weighted by atomic mass is 10.2. The third-order valence-corrected chi connectivity index (χ3v) is 5.43. The maximum atomic E-state index is 12.0. The number of rotatable bonds is 7. The van der Waals surface area contributed by atoms with E-state index in [9.17, 15) is 4.79 Å². The highest BCUT2D eigenvalue weighted by Crippen LogP contribution is 2.23. The monoisotopic (exact) mass is 335 g/mol. The molecule has 2 aromatic rings. The minimum Gasteiger partial charge on any atom is -0.475 e. The van der Waals surface area contributed by atoms with Gasteiger partial charge < -0.3 is 9.64 Å². The second-order valence-corrected chi connectivity index (χ2v) is 7.14. The van der Waals surface area contributed by atoms with Gasteiger partial charge in [-0.25, -0.2) is 9.97 Å². The van der Waals surface area contributed by atoms with Crippen LogP contribution < -0.4 is 4.74 Å². The van der Waals surface area contributed by atoms with Crippen LogP contribution in [0.25, 0.3) is 0 Å². The van der Waals surface area contributed by atoms with Gasteiger partial charge in [0.2, 0.25) is 11.8 Å². The topological polar surface area (TPSA) is 55.3 Å². The second kappa shape index (κ2) is 7.60. The van der Waals surface area contributed by atoms with Crippen molar-refractivity contribution in [1.29, 1.82) is 0 Å². The van der Waals surface area contributed by atoms with E-state index in [1.165, 1.54) is 0 Å². The molecular formula is C15H17N3O2S2. The van der Waals surface area contributed by atoms with Crippen LogP contribution in [0.5, 0.6) is 5.88 Å². The predicted octanol–water partition coefficient (Wildman–Crippen LogP) is 2.70. The van der Waals surface area contributed by atoms with E-state index in [0.717, 1.165) is 23.1 Å². The van der Waals surface area contributed by atoms with Crippen LogP contribution in [0.1, 0.15) is 12.8 Å². The third kappa shape index (κ3) is 3.98. The molecule has 5 nitrogen and oxygen atoms in total. The molecule has 0 N–H and O–H groups in total. The van der Waals surface area contributed by atoms with Crippen LogP contribution in [0.4, 0.5) is 0 Å². The SMILES string of the molecule is O=C1CC[C@H](COc2ccccn2)N1CCSc1nccs1. The summed E-state index contributed by atoms with van der Waals surface area (Å²) in [5.74, 6) is 1.69. The third-order valence-electron chi connectivity index (χ3n) is 3.48. The molecule has 0 saturated carbocycles. The van der Waals surface area contributed by atoms with Crippen molar-refractivity contribution in [3.63, 3.8) is 0 Å². The van der Waals surface area contributed by atoms with Gasteiger partial charge in [-0.05, 0) is 12.5 Å². The molecule has 1 fully saturated rings. The Balaban J connectivity index is 1.48. The molecule has 3 rings (SSSR count). The highest BCUT2D eigenvalue weighted by Gasteiger charge is 2.31. The highest BCUT2D eigenvalue weighted by atomic mass is 32.2. The first-order chi connectivity index (χ1) is 10.8. The molecule has 2 aromatic heterocycles. The number of thioether (sulfide) groups is 1. The van der Waals surface area contributed by atoms with Crippen molar-refractivity contribution < 1.29 is 9.53 Å². The van der Waals surface area contributed by atoms with Gasteiger partial charge in [0, 0.05) is 42.6 Å². The fraction of sp³-hybridized carbons (Fsp3) is 0.400. The zero-order valence-corrected chi connectivity index (χ0v) is 13.7. The van der Waals surface area contributed by atoms with Gasteiger partial charge in [-0.1, -0.05) is 17.8 Å². The number of carbonyl (C=O) groups is 1. The van der Waals surface area contributed by atoms with E-state index < -0.39 is 0 Å². The summed E-state index contributed by atoms with van der Waals surface area (Å²) in [6, 6.07) is 5.73. The quantitative estimate of drug-likeness (QED) is 0.728. The molecule has 22 heavy (non-hydrogen) atoms. The Morgan fingerprint density at radius 1 is 1.36 bits per heavy atom. The van der Waals surface area contributed by atoms with Crippen LogP contribution >= 0.6 is 23.1 Å². The first kappa shape index (κ1) is 15.3. The smallest absolute Gasteiger partial charge is 0.223 e. The lowest BCUT2D eigenvalue weighted by Gasteiger charge is -2.24.